The Labute approximate surface area is 139 Å². The zero-order valence-electron chi connectivity index (χ0n) is 13.8. The van der Waals surface area contributed by atoms with E-state index in [-0.39, 0.29) is 6.42 Å². The normalized spacial score (nSPS) is 26.3. The molecule has 1 aliphatic rings. The highest BCUT2D eigenvalue weighted by molar-refractivity contribution is 5.02. The number of hydrogen-bond acceptors (Lipinski definition) is 1. The third-order valence-corrected chi connectivity index (χ3v) is 4.76. The van der Waals surface area contributed by atoms with Crippen molar-refractivity contribution in [2.24, 2.45) is 11.8 Å². The molecular weight excluding hydrogens is 367 g/mol. The van der Waals surface area contributed by atoms with E-state index < -0.39 is 42.1 Å². The Hall–Kier alpha value is -0.670. The highest BCUT2D eigenvalue weighted by Gasteiger charge is 2.86. The summed E-state index contributed by atoms with van der Waals surface area (Å²) < 4.78 is 121. The Balaban J connectivity index is 3.17. The topological polar surface area (TPSA) is 9.23 Å². The van der Waals surface area contributed by atoms with Crippen molar-refractivity contribution in [2.45, 2.75) is 82.6 Å². The summed E-state index contributed by atoms with van der Waals surface area (Å²) in [7, 11) is 0. The van der Waals surface area contributed by atoms with Gasteiger partial charge in [-0.3, -0.25) is 0 Å². The summed E-state index contributed by atoms with van der Waals surface area (Å²) in [5, 5.41) is 0. The van der Waals surface area contributed by atoms with Crippen LogP contribution >= 0.6 is 0 Å². The smallest absolute Gasteiger partial charge is 0.313 e. The lowest BCUT2D eigenvalue weighted by molar-refractivity contribution is -0.457. The summed E-state index contributed by atoms with van der Waals surface area (Å²) in [5.74, 6) is -1.26. The summed E-state index contributed by atoms with van der Waals surface area (Å²) in [6, 6.07) is 0. The number of halogens is 9. The van der Waals surface area contributed by atoms with Crippen LogP contribution in [0.1, 0.15) is 52.4 Å². The molecule has 10 heteroatoms. The average molecular weight is 388 g/mol. The fourth-order valence-electron chi connectivity index (χ4n) is 3.29. The van der Waals surface area contributed by atoms with Crippen molar-refractivity contribution in [2.75, 3.05) is 0 Å². The van der Waals surface area contributed by atoms with E-state index in [0.29, 0.717) is 32.1 Å². The highest BCUT2D eigenvalue weighted by Crippen LogP contribution is 2.56. The minimum absolute atomic E-state index is 0.237. The van der Waals surface area contributed by atoms with Gasteiger partial charge in [0, 0.05) is 0 Å². The number of rotatable bonds is 7. The van der Waals surface area contributed by atoms with Crippen LogP contribution in [0.25, 0.3) is 0 Å². The summed E-state index contributed by atoms with van der Waals surface area (Å²) in [6.45, 7) is 3.37. The van der Waals surface area contributed by atoms with Crippen LogP contribution in [0, 0.1) is 11.8 Å². The van der Waals surface area contributed by atoms with Gasteiger partial charge in [-0.05, 0) is 31.1 Å². The molecule has 0 spiro atoms. The predicted octanol–water partition coefficient (Wildman–Crippen LogP) is 6.42. The second-order valence-electron chi connectivity index (χ2n) is 6.40. The maximum absolute atomic E-state index is 13.9. The minimum Gasteiger partial charge on any atom is -0.313 e. The van der Waals surface area contributed by atoms with Gasteiger partial charge in [0.05, 0.1) is 6.10 Å². The van der Waals surface area contributed by atoms with E-state index in [1.165, 1.54) is 0 Å². The Bertz CT molecular complexity index is 416. The van der Waals surface area contributed by atoms with Crippen LogP contribution < -0.4 is 0 Å². The summed E-state index contributed by atoms with van der Waals surface area (Å²) in [4.78, 5) is 0. The lowest BCUT2D eigenvalue weighted by atomic mass is 9.93. The lowest BCUT2D eigenvalue weighted by Gasteiger charge is -2.38. The van der Waals surface area contributed by atoms with Gasteiger partial charge in [0.2, 0.25) is 0 Å². The second-order valence-corrected chi connectivity index (χ2v) is 6.40. The van der Waals surface area contributed by atoms with Crippen LogP contribution in [-0.4, -0.2) is 30.2 Å². The molecule has 150 valence electrons. The Morgan fingerprint density at radius 3 is 1.68 bits per heavy atom. The quantitative estimate of drug-likeness (QED) is 0.457. The molecule has 3 atom stereocenters. The van der Waals surface area contributed by atoms with Crippen LogP contribution in [0.3, 0.4) is 0 Å². The van der Waals surface area contributed by atoms with E-state index >= 15 is 0 Å². The Kier molecular flexibility index (Phi) is 6.73. The average Bonchev–Trinajstić information content (AvgIpc) is 2.82. The predicted molar refractivity (Wildman–Crippen MR) is 71.8 cm³/mol. The fraction of sp³-hybridized carbons (Fsp3) is 1.00. The fourth-order valence-corrected chi connectivity index (χ4v) is 3.29. The van der Waals surface area contributed by atoms with E-state index in [4.69, 9.17) is 0 Å². The molecule has 1 fully saturated rings. The van der Waals surface area contributed by atoms with Gasteiger partial charge >= 0.3 is 24.1 Å². The molecule has 0 aliphatic heterocycles. The SMILES string of the molecule is CCCCC1CCC(CC)C1OC(F)(F)C(F)(C(F)(F)F)C(F)(F)F. The molecule has 1 saturated carbocycles. The van der Waals surface area contributed by atoms with Gasteiger partial charge in [-0.15, -0.1) is 0 Å². The van der Waals surface area contributed by atoms with Crippen LogP contribution in [0.4, 0.5) is 39.5 Å². The van der Waals surface area contributed by atoms with Gasteiger partial charge in [-0.1, -0.05) is 33.1 Å². The Morgan fingerprint density at radius 1 is 0.800 bits per heavy atom. The molecule has 0 radical (unpaired) electrons. The molecule has 25 heavy (non-hydrogen) atoms. The van der Waals surface area contributed by atoms with E-state index in [2.05, 4.69) is 4.74 Å². The first-order chi connectivity index (χ1) is 11.2. The van der Waals surface area contributed by atoms with Crippen LogP contribution in [0.2, 0.25) is 0 Å². The molecule has 0 heterocycles. The molecule has 1 aliphatic carbocycles. The summed E-state index contributed by atoms with van der Waals surface area (Å²) >= 11 is 0. The van der Waals surface area contributed by atoms with E-state index in [1.807, 2.05) is 0 Å². The molecule has 0 aromatic rings. The lowest BCUT2D eigenvalue weighted by Crippen LogP contribution is -2.66. The van der Waals surface area contributed by atoms with E-state index in [0.717, 1.165) is 0 Å². The van der Waals surface area contributed by atoms with Gasteiger partial charge in [0.25, 0.3) is 0 Å². The highest BCUT2D eigenvalue weighted by atomic mass is 19.4. The molecule has 0 amide bonds. The molecule has 0 N–H and O–H groups in total. The molecule has 1 rings (SSSR count). The van der Waals surface area contributed by atoms with Crippen molar-refractivity contribution in [3.63, 3.8) is 0 Å². The number of ether oxygens (including phenoxy) is 1. The van der Waals surface area contributed by atoms with Crippen molar-refractivity contribution in [3.8, 4) is 0 Å². The molecule has 1 nitrogen and oxygen atoms in total. The summed E-state index contributed by atoms with van der Waals surface area (Å²) in [6.07, 6.45) is -18.9. The van der Waals surface area contributed by atoms with Crippen LogP contribution in [0.15, 0.2) is 0 Å². The van der Waals surface area contributed by atoms with E-state index in [9.17, 15) is 39.5 Å². The number of hydrogen-bond donors (Lipinski definition) is 0. The second kappa shape index (κ2) is 7.52. The molecule has 0 aromatic carbocycles. The Morgan fingerprint density at radius 2 is 1.28 bits per heavy atom. The molecule has 0 saturated heterocycles. The van der Waals surface area contributed by atoms with Crippen molar-refractivity contribution in [3.05, 3.63) is 0 Å². The van der Waals surface area contributed by atoms with Crippen LogP contribution in [-0.2, 0) is 4.74 Å². The monoisotopic (exact) mass is 388 g/mol. The molecule has 0 aromatic heterocycles. The third-order valence-electron chi connectivity index (χ3n) is 4.76. The van der Waals surface area contributed by atoms with Gasteiger partial charge in [0.15, 0.2) is 0 Å². The first-order valence-corrected chi connectivity index (χ1v) is 8.10. The number of alkyl halides is 9. The summed E-state index contributed by atoms with van der Waals surface area (Å²) in [5.41, 5.74) is -6.76. The van der Waals surface area contributed by atoms with Gasteiger partial charge in [-0.2, -0.15) is 35.1 Å². The van der Waals surface area contributed by atoms with Crippen LogP contribution in [0.5, 0.6) is 0 Å². The first kappa shape index (κ1) is 22.4. The van der Waals surface area contributed by atoms with Crippen molar-refractivity contribution in [1.29, 1.82) is 0 Å². The molecular formula is C15H21F9O. The largest absolute Gasteiger partial charge is 0.440 e. The van der Waals surface area contributed by atoms with Crippen molar-refractivity contribution >= 4 is 0 Å². The minimum atomic E-state index is -6.87. The van der Waals surface area contributed by atoms with E-state index in [1.54, 1.807) is 13.8 Å². The standard InChI is InChI=1S/C15H21F9O/c1-3-5-6-10-8-7-9(4-2)11(10)25-15(23,24)12(16,13(17,18)19)14(20,21)22/h9-11H,3-8H2,1-2H3. The molecule has 3 unspecified atom stereocenters. The maximum Gasteiger partial charge on any atom is 0.440 e. The van der Waals surface area contributed by atoms with Gasteiger partial charge in [0.1, 0.15) is 0 Å². The maximum atomic E-state index is 13.9. The van der Waals surface area contributed by atoms with Gasteiger partial charge in [-0.25, -0.2) is 4.39 Å². The zero-order valence-corrected chi connectivity index (χ0v) is 13.8. The third kappa shape index (κ3) is 4.19. The molecule has 0 bridgehead atoms. The van der Waals surface area contributed by atoms with Gasteiger partial charge < -0.3 is 4.74 Å². The van der Waals surface area contributed by atoms with Crippen molar-refractivity contribution in [1.82, 2.24) is 0 Å². The van der Waals surface area contributed by atoms with Crippen molar-refractivity contribution < 1.29 is 44.3 Å². The first-order valence-electron chi connectivity index (χ1n) is 8.10. The number of unbranched alkanes of at least 4 members (excludes halogenated alkanes) is 1. The zero-order chi connectivity index (χ0) is 19.7.